The number of rotatable bonds is 6. The van der Waals surface area contributed by atoms with Crippen LogP contribution < -0.4 is 5.32 Å². The molecule has 0 aliphatic heterocycles. The Balaban J connectivity index is 1.91. The number of amides is 1. The van der Waals surface area contributed by atoms with Gasteiger partial charge in [-0.25, -0.2) is 0 Å². The van der Waals surface area contributed by atoms with Crippen molar-refractivity contribution in [3.05, 3.63) is 69.7 Å². The molecule has 0 spiro atoms. The Kier molecular flexibility index (Phi) is 6.61. The second kappa shape index (κ2) is 8.49. The van der Waals surface area contributed by atoms with Gasteiger partial charge in [0.2, 0.25) is 0 Å². The fourth-order valence-electron chi connectivity index (χ4n) is 2.33. The van der Waals surface area contributed by atoms with Crippen LogP contribution >= 0.6 is 15.9 Å². The zero-order valence-corrected chi connectivity index (χ0v) is 15.2. The second-order valence-corrected chi connectivity index (χ2v) is 6.61. The SMILES string of the molecule is CN(Cc1ccc(C(=O)NCC(F)(F)F)cc1)Cc1ccccc1Br. The molecule has 1 N–H and O–H groups in total. The normalized spacial score (nSPS) is 11.6. The first kappa shape index (κ1) is 19.5. The second-order valence-electron chi connectivity index (χ2n) is 5.76. The van der Waals surface area contributed by atoms with Gasteiger partial charge in [0.05, 0.1) is 0 Å². The third-order valence-corrected chi connectivity index (χ3v) is 4.29. The third kappa shape index (κ3) is 6.51. The molecule has 134 valence electrons. The molecule has 2 aromatic rings. The van der Waals surface area contributed by atoms with Crippen molar-refractivity contribution >= 4 is 21.8 Å². The van der Waals surface area contributed by atoms with Crippen LogP contribution in [0, 0.1) is 0 Å². The molecule has 0 heterocycles. The molecule has 0 aliphatic rings. The fourth-order valence-corrected chi connectivity index (χ4v) is 2.74. The minimum Gasteiger partial charge on any atom is -0.343 e. The van der Waals surface area contributed by atoms with Crippen molar-refractivity contribution in [2.75, 3.05) is 13.6 Å². The standard InChI is InChI=1S/C18H18BrF3N2O/c1-24(11-15-4-2-3-5-16(15)19)10-13-6-8-14(9-7-13)17(25)23-12-18(20,21)22/h2-9H,10-12H2,1H3,(H,23,25). The fraction of sp³-hybridized carbons (Fsp3) is 0.278. The molecular formula is C18H18BrF3N2O. The first-order valence-electron chi connectivity index (χ1n) is 7.60. The van der Waals surface area contributed by atoms with E-state index >= 15 is 0 Å². The number of carbonyl (C=O) groups excluding carboxylic acids is 1. The Morgan fingerprint density at radius 3 is 2.32 bits per heavy atom. The molecule has 0 unspecified atom stereocenters. The zero-order chi connectivity index (χ0) is 18.4. The average molecular weight is 415 g/mol. The number of nitrogens with zero attached hydrogens (tertiary/aromatic N) is 1. The monoisotopic (exact) mass is 414 g/mol. The van der Waals surface area contributed by atoms with Crippen molar-refractivity contribution in [1.29, 1.82) is 0 Å². The molecule has 0 atom stereocenters. The smallest absolute Gasteiger partial charge is 0.343 e. The summed E-state index contributed by atoms with van der Waals surface area (Å²) in [6, 6.07) is 14.5. The summed E-state index contributed by atoms with van der Waals surface area (Å²) >= 11 is 3.51. The van der Waals surface area contributed by atoms with Crippen LogP contribution in [0.25, 0.3) is 0 Å². The van der Waals surface area contributed by atoms with Crippen LogP contribution in [-0.2, 0) is 13.1 Å². The maximum atomic E-state index is 12.1. The third-order valence-electron chi connectivity index (χ3n) is 3.52. The molecule has 0 saturated heterocycles. The Labute approximate surface area is 153 Å². The quantitative estimate of drug-likeness (QED) is 0.760. The van der Waals surface area contributed by atoms with E-state index < -0.39 is 18.6 Å². The number of carbonyl (C=O) groups is 1. The van der Waals surface area contributed by atoms with Gasteiger partial charge in [-0.05, 0) is 36.4 Å². The summed E-state index contributed by atoms with van der Waals surface area (Å²) in [4.78, 5) is 13.8. The van der Waals surface area contributed by atoms with E-state index in [0.29, 0.717) is 6.54 Å². The summed E-state index contributed by atoms with van der Waals surface area (Å²) in [6.07, 6.45) is -4.41. The molecule has 1 amide bonds. The number of halogens is 4. The molecule has 0 aromatic heterocycles. The largest absolute Gasteiger partial charge is 0.405 e. The summed E-state index contributed by atoms with van der Waals surface area (Å²) in [5.74, 6) is -0.731. The highest BCUT2D eigenvalue weighted by atomic mass is 79.9. The minimum absolute atomic E-state index is 0.210. The van der Waals surface area contributed by atoms with E-state index in [-0.39, 0.29) is 5.56 Å². The highest BCUT2D eigenvalue weighted by molar-refractivity contribution is 9.10. The summed E-state index contributed by atoms with van der Waals surface area (Å²) in [5, 5.41) is 1.86. The van der Waals surface area contributed by atoms with Gasteiger partial charge >= 0.3 is 6.18 Å². The van der Waals surface area contributed by atoms with Gasteiger partial charge < -0.3 is 5.32 Å². The molecule has 2 rings (SSSR count). The molecule has 0 radical (unpaired) electrons. The van der Waals surface area contributed by atoms with Gasteiger partial charge in [-0.2, -0.15) is 13.2 Å². The van der Waals surface area contributed by atoms with Crippen molar-refractivity contribution in [2.45, 2.75) is 19.3 Å². The highest BCUT2D eigenvalue weighted by Crippen LogP contribution is 2.18. The summed E-state index contributed by atoms with van der Waals surface area (Å²) in [7, 11) is 1.98. The Morgan fingerprint density at radius 2 is 1.72 bits per heavy atom. The summed E-state index contributed by atoms with van der Waals surface area (Å²) in [5.41, 5.74) is 2.34. The van der Waals surface area contributed by atoms with E-state index in [1.54, 1.807) is 12.1 Å². The van der Waals surface area contributed by atoms with Crippen LogP contribution in [-0.4, -0.2) is 30.6 Å². The van der Waals surface area contributed by atoms with Gasteiger partial charge in [-0.3, -0.25) is 9.69 Å². The van der Waals surface area contributed by atoms with Crippen LogP contribution in [0.2, 0.25) is 0 Å². The van der Waals surface area contributed by atoms with Gasteiger partial charge in [0.1, 0.15) is 6.54 Å². The number of alkyl halides is 3. The first-order chi connectivity index (χ1) is 11.7. The van der Waals surface area contributed by atoms with Crippen LogP contribution in [0.15, 0.2) is 53.0 Å². The van der Waals surface area contributed by atoms with E-state index in [1.807, 2.05) is 36.6 Å². The van der Waals surface area contributed by atoms with E-state index in [9.17, 15) is 18.0 Å². The average Bonchev–Trinajstić information content (AvgIpc) is 2.55. The van der Waals surface area contributed by atoms with Crippen molar-refractivity contribution in [1.82, 2.24) is 10.2 Å². The lowest BCUT2D eigenvalue weighted by atomic mass is 10.1. The lowest BCUT2D eigenvalue weighted by molar-refractivity contribution is -0.123. The van der Waals surface area contributed by atoms with Gasteiger partial charge in [-0.15, -0.1) is 0 Å². The van der Waals surface area contributed by atoms with Gasteiger partial charge in [-0.1, -0.05) is 46.3 Å². The summed E-state index contributed by atoms with van der Waals surface area (Å²) < 4.78 is 37.4. The molecule has 7 heteroatoms. The molecule has 0 bridgehead atoms. The lowest BCUT2D eigenvalue weighted by Gasteiger charge is -2.18. The van der Waals surface area contributed by atoms with E-state index in [0.717, 1.165) is 22.1 Å². The number of benzene rings is 2. The molecular weight excluding hydrogens is 397 g/mol. The zero-order valence-electron chi connectivity index (χ0n) is 13.6. The van der Waals surface area contributed by atoms with Crippen molar-refractivity contribution < 1.29 is 18.0 Å². The van der Waals surface area contributed by atoms with Crippen molar-refractivity contribution in [3.8, 4) is 0 Å². The van der Waals surface area contributed by atoms with Crippen LogP contribution in [0.5, 0.6) is 0 Å². The minimum atomic E-state index is -4.41. The molecule has 2 aromatic carbocycles. The van der Waals surface area contributed by atoms with Crippen molar-refractivity contribution in [2.24, 2.45) is 0 Å². The molecule has 0 fully saturated rings. The van der Waals surface area contributed by atoms with E-state index in [1.165, 1.54) is 12.1 Å². The van der Waals surface area contributed by atoms with Gasteiger partial charge in [0.15, 0.2) is 0 Å². The predicted octanol–water partition coefficient (Wildman–Crippen LogP) is 4.37. The maximum Gasteiger partial charge on any atom is 0.405 e. The van der Waals surface area contributed by atoms with Crippen LogP contribution in [0.1, 0.15) is 21.5 Å². The molecule has 0 aliphatic carbocycles. The molecule has 25 heavy (non-hydrogen) atoms. The van der Waals surface area contributed by atoms with Gasteiger partial charge in [0.25, 0.3) is 5.91 Å². The summed E-state index contributed by atoms with van der Waals surface area (Å²) in [6.45, 7) is 0.0727. The topological polar surface area (TPSA) is 32.3 Å². The highest BCUT2D eigenvalue weighted by Gasteiger charge is 2.27. The Hall–Kier alpha value is -1.86. The van der Waals surface area contributed by atoms with E-state index in [2.05, 4.69) is 20.8 Å². The Morgan fingerprint density at radius 1 is 1.08 bits per heavy atom. The molecule has 0 saturated carbocycles. The van der Waals surface area contributed by atoms with Crippen molar-refractivity contribution in [3.63, 3.8) is 0 Å². The van der Waals surface area contributed by atoms with Crippen LogP contribution in [0.4, 0.5) is 13.2 Å². The first-order valence-corrected chi connectivity index (χ1v) is 8.40. The predicted molar refractivity (Wildman–Crippen MR) is 94.1 cm³/mol. The number of nitrogens with one attached hydrogen (secondary N) is 1. The number of hydrogen-bond donors (Lipinski definition) is 1. The van der Waals surface area contributed by atoms with E-state index in [4.69, 9.17) is 0 Å². The van der Waals surface area contributed by atoms with Crippen LogP contribution in [0.3, 0.4) is 0 Å². The van der Waals surface area contributed by atoms with Gasteiger partial charge in [0, 0.05) is 23.1 Å². The Bertz CT molecular complexity index is 717. The maximum absolute atomic E-state index is 12.1. The number of hydrogen-bond acceptors (Lipinski definition) is 2. The molecule has 3 nitrogen and oxygen atoms in total. The lowest BCUT2D eigenvalue weighted by Crippen LogP contribution is -2.33.